The van der Waals surface area contributed by atoms with E-state index < -0.39 is 10.7 Å². The molecule has 0 fully saturated rings. The number of nitrogens with one attached hydrogen (secondary N) is 1. The van der Waals surface area contributed by atoms with Crippen molar-refractivity contribution in [3.8, 4) is 6.07 Å². The first-order valence-electron chi connectivity index (χ1n) is 5.53. The predicted molar refractivity (Wildman–Crippen MR) is 71.9 cm³/mol. The summed E-state index contributed by atoms with van der Waals surface area (Å²) in [5.41, 5.74) is 5.23. The fourth-order valence-electron chi connectivity index (χ4n) is 1.75. The Hall–Kier alpha value is -3.14. The van der Waals surface area contributed by atoms with Crippen LogP contribution in [-0.4, -0.2) is 4.92 Å². The number of halogens is 1. The zero-order valence-electron chi connectivity index (χ0n) is 10.1. The number of nitrogens with zero attached hydrogens (tertiary/aromatic N) is 2. The van der Waals surface area contributed by atoms with Gasteiger partial charge in [-0.05, 0) is 24.3 Å². The van der Waals surface area contributed by atoms with Gasteiger partial charge in [-0.2, -0.15) is 5.26 Å². The predicted octanol–water partition coefficient (Wildman–Crippen LogP) is 2.93. The molecule has 0 aromatic heterocycles. The molecule has 0 aliphatic carbocycles. The van der Waals surface area contributed by atoms with Crippen LogP contribution in [0, 0.1) is 27.3 Å². The van der Waals surface area contributed by atoms with Crippen LogP contribution < -0.4 is 11.1 Å². The maximum absolute atomic E-state index is 13.5. The lowest BCUT2D eigenvalue weighted by atomic mass is 10.1. The van der Waals surface area contributed by atoms with Gasteiger partial charge in [0, 0.05) is 0 Å². The van der Waals surface area contributed by atoms with Crippen molar-refractivity contribution in [3.05, 3.63) is 57.9 Å². The van der Waals surface area contributed by atoms with Crippen LogP contribution in [0.2, 0.25) is 0 Å². The molecule has 0 heterocycles. The van der Waals surface area contributed by atoms with Crippen molar-refractivity contribution in [1.82, 2.24) is 0 Å². The second kappa shape index (κ2) is 5.24. The minimum atomic E-state index is -0.705. The Bertz CT molecular complexity index is 725. The zero-order valence-corrected chi connectivity index (χ0v) is 10.1. The number of nitro benzene ring substituents is 1. The highest BCUT2D eigenvalue weighted by Crippen LogP contribution is 2.33. The average molecular weight is 272 g/mol. The molecule has 100 valence electrons. The van der Waals surface area contributed by atoms with Gasteiger partial charge >= 0.3 is 5.69 Å². The molecular formula is C13H9FN4O2. The molecule has 7 heteroatoms. The van der Waals surface area contributed by atoms with Gasteiger partial charge in [0.1, 0.15) is 28.8 Å². The van der Waals surface area contributed by atoms with Crippen LogP contribution in [-0.2, 0) is 0 Å². The lowest BCUT2D eigenvalue weighted by Crippen LogP contribution is -2.02. The Labute approximate surface area is 113 Å². The van der Waals surface area contributed by atoms with E-state index in [2.05, 4.69) is 5.32 Å². The molecule has 0 aliphatic rings. The van der Waals surface area contributed by atoms with Gasteiger partial charge in [-0.15, -0.1) is 0 Å². The van der Waals surface area contributed by atoms with E-state index in [9.17, 15) is 14.5 Å². The van der Waals surface area contributed by atoms with E-state index in [1.165, 1.54) is 30.3 Å². The molecule has 0 radical (unpaired) electrons. The van der Waals surface area contributed by atoms with E-state index in [1.54, 1.807) is 6.07 Å². The van der Waals surface area contributed by atoms with Crippen molar-refractivity contribution in [3.63, 3.8) is 0 Å². The van der Waals surface area contributed by atoms with Gasteiger partial charge in [0.15, 0.2) is 0 Å². The van der Waals surface area contributed by atoms with Crippen LogP contribution in [0.3, 0.4) is 0 Å². The van der Waals surface area contributed by atoms with Crippen LogP contribution in [0.5, 0.6) is 0 Å². The summed E-state index contributed by atoms with van der Waals surface area (Å²) in [7, 11) is 0. The van der Waals surface area contributed by atoms with E-state index in [1.807, 2.05) is 0 Å². The number of anilines is 3. The van der Waals surface area contributed by atoms with Crippen molar-refractivity contribution in [2.45, 2.75) is 0 Å². The number of nitro groups is 1. The van der Waals surface area contributed by atoms with Gasteiger partial charge in [0.2, 0.25) is 0 Å². The summed E-state index contributed by atoms with van der Waals surface area (Å²) < 4.78 is 13.5. The summed E-state index contributed by atoms with van der Waals surface area (Å²) in [4.78, 5) is 10.4. The summed E-state index contributed by atoms with van der Waals surface area (Å²) in [5.74, 6) is -0.705. The summed E-state index contributed by atoms with van der Waals surface area (Å²) in [6.45, 7) is 0. The minimum absolute atomic E-state index is 0.0186. The van der Waals surface area contributed by atoms with E-state index >= 15 is 0 Å². The van der Waals surface area contributed by atoms with E-state index in [0.29, 0.717) is 0 Å². The molecule has 2 aromatic carbocycles. The number of para-hydroxylation sites is 1. The molecule has 0 amide bonds. The van der Waals surface area contributed by atoms with Crippen LogP contribution in [0.4, 0.5) is 27.1 Å². The Balaban J connectivity index is 2.52. The van der Waals surface area contributed by atoms with Crippen molar-refractivity contribution in [2.24, 2.45) is 0 Å². The smallest absolute Gasteiger partial charge is 0.315 e. The third kappa shape index (κ3) is 2.35. The molecule has 2 rings (SSSR count). The molecular weight excluding hydrogens is 263 g/mol. The maximum atomic E-state index is 13.5. The maximum Gasteiger partial charge on any atom is 0.315 e. The molecule has 0 bridgehead atoms. The number of rotatable bonds is 3. The fourth-order valence-corrected chi connectivity index (χ4v) is 1.75. The largest absolute Gasteiger partial charge is 0.393 e. The molecule has 6 nitrogen and oxygen atoms in total. The molecule has 0 unspecified atom stereocenters. The van der Waals surface area contributed by atoms with E-state index in [0.717, 1.165) is 6.07 Å². The van der Waals surface area contributed by atoms with Gasteiger partial charge in [0.05, 0.1) is 10.6 Å². The van der Waals surface area contributed by atoms with Crippen LogP contribution in [0.15, 0.2) is 36.4 Å². The Kier molecular flexibility index (Phi) is 3.48. The Morgan fingerprint density at radius 2 is 1.90 bits per heavy atom. The van der Waals surface area contributed by atoms with E-state index in [-0.39, 0.29) is 28.3 Å². The van der Waals surface area contributed by atoms with Crippen molar-refractivity contribution in [1.29, 1.82) is 5.26 Å². The summed E-state index contributed by atoms with van der Waals surface area (Å²) in [5, 5.41) is 22.6. The monoisotopic (exact) mass is 272 g/mol. The van der Waals surface area contributed by atoms with Crippen LogP contribution in [0.1, 0.15) is 5.56 Å². The average Bonchev–Trinajstić information content (AvgIpc) is 2.38. The van der Waals surface area contributed by atoms with Gasteiger partial charge in [-0.1, -0.05) is 12.1 Å². The summed E-state index contributed by atoms with van der Waals surface area (Å²) in [6.07, 6.45) is 0. The first-order valence-corrected chi connectivity index (χ1v) is 5.53. The van der Waals surface area contributed by atoms with Gasteiger partial charge in [0.25, 0.3) is 0 Å². The molecule has 2 aromatic rings. The number of benzene rings is 2. The summed E-state index contributed by atoms with van der Waals surface area (Å²) >= 11 is 0. The molecule has 0 saturated heterocycles. The quantitative estimate of drug-likeness (QED) is 0.507. The zero-order chi connectivity index (χ0) is 14.7. The third-order valence-electron chi connectivity index (χ3n) is 2.64. The number of nitriles is 1. The van der Waals surface area contributed by atoms with Gasteiger partial charge in [-0.25, -0.2) is 4.39 Å². The Morgan fingerprint density at radius 3 is 2.55 bits per heavy atom. The number of hydrogen-bond donors (Lipinski definition) is 2. The van der Waals surface area contributed by atoms with Gasteiger partial charge < -0.3 is 11.1 Å². The minimum Gasteiger partial charge on any atom is -0.393 e. The lowest BCUT2D eigenvalue weighted by molar-refractivity contribution is -0.383. The molecule has 0 saturated carbocycles. The van der Waals surface area contributed by atoms with Crippen LogP contribution >= 0.6 is 0 Å². The molecule has 0 atom stereocenters. The van der Waals surface area contributed by atoms with Gasteiger partial charge in [-0.3, -0.25) is 10.1 Å². The van der Waals surface area contributed by atoms with Crippen molar-refractivity contribution >= 4 is 22.7 Å². The SMILES string of the molecule is N#Cc1c(F)cccc1Nc1cccc(N)c1[N+](=O)[O-]. The number of nitrogen functional groups attached to an aromatic ring is 1. The number of hydrogen-bond acceptors (Lipinski definition) is 5. The van der Waals surface area contributed by atoms with Crippen LogP contribution in [0.25, 0.3) is 0 Å². The second-order valence-corrected chi connectivity index (χ2v) is 3.90. The fraction of sp³-hybridized carbons (Fsp3) is 0. The van der Waals surface area contributed by atoms with Crippen molar-refractivity contribution < 1.29 is 9.31 Å². The summed E-state index contributed by atoms with van der Waals surface area (Å²) in [6, 6.07) is 10.0. The number of nitrogens with two attached hydrogens (primary N) is 1. The highest BCUT2D eigenvalue weighted by Gasteiger charge is 2.19. The van der Waals surface area contributed by atoms with Crippen molar-refractivity contribution in [2.75, 3.05) is 11.1 Å². The third-order valence-corrected chi connectivity index (χ3v) is 2.64. The highest BCUT2D eigenvalue weighted by molar-refractivity contribution is 5.79. The molecule has 20 heavy (non-hydrogen) atoms. The molecule has 0 aliphatic heterocycles. The normalized spacial score (nSPS) is 9.80. The second-order valence-electron chi connectivity index (χ2n) is 3.90. The highest BCUT2D eigenvalue weighted by atomic mass is 19.1. The van der Waals surface area contributed by atoms with E-state index in [4.69, 9.17) is 11.0 Å². The lowest BCUT2D eigenvalue weighted by Gasteiger charge is -2.10. The molecule has 0 spiro atoms. The topological polar surface area (TPSA) is 105 Å². The first-order chi connectivity index (χ1) is 9.54. The molecule has 3 N–H and O–H groups in total. The standard InChI is InChI=1S/C13H9FN4O2/c14-9-3-1-5-11(8(9)7-15)17-12-6-2-4-10(16)13(12)18(19)20/h1-6,17H,16H2. The Morgan fingerprint density at radius 1 is 1.25 bits per heavy atom. The first kappa shape index (κ1) is 13.3.